The molecule has 6 aromatic carbocycles. The van der Waals surface area contributed by atoms with Gasteiger partial charge in [0.1, 0.15) is 0 Å². The van der Waals surface area contributed by atoms with Crippen molar-refractivity contribution in [3.05, 3.63) is 163 Å². The van der Waals surface area contributed by atoms with Crippen LogP contribution >= 0.6 is 0 Å². The summed E-state index contributed by atoms with van der Waals surface area (Å²) in [5, 5.41) is 4.53. The van der Waals surface area contributed by atoms with Gasteiger partial charge in [-0.2, -0.15) is 0 Å². The summed E-state index contributed by atoms with van der Waals surface area (Å²) < 4.78 is 32.1. The van der Waals surface area contributed by atoms with Gasteiger partial charge in [-0.3, -0.25) is 0 Å². The molecule has 0 bridgehead atoms. The van der Waals surface area contributed by atoms with E-state index in [4.69, 9.17) is 15.0 Å². The van der Waals surface area contributed by atoms with Crippen LogP contribution in [0.25, 0.3) is 66.6 Å². The van der Waals surface area contributed by atoms with Crippen LogP contribution in [0.2, 0.25) is 0 Å². The summed E-state index contributed by atoms with van der Waals surface area (Å²) in [6.45, 7) is 0. The average molecular weight is 612 g/mol. The summed E-state index contributed by atoms with van der Waals surface area (Å²) >= 11 is 0. The minimum Gasteiger partial charge on any atom is -0.208 e. The molecule has 2 aliphatic carbocycles. The third-order valence-corrected chi connectivity index (χ3v) is 9.42. The Hall–Kier alpha value is -5.81. The number of alkyl halides is 2. The number of fused-ring (bicyclic) bond motifs is 6. The second-order valence-electron chi connectivity index (χ2n) is 12.2. The van der Waals surface area contributed by atoms with E-state index >= 15 is 8.78 Å². The summed E-state index contributed by atoms with van der Waals surface area (Å²) in [6, 6.07) is 43.7. The lowest BCUT2D eigenvalue weighted by atomic mass is 9.86. The van der Waals surface area contributed by atoms with Crippen molar-refractivity contribution in [2.45, 2.75) is 12.3 Å². The maximum absolute atomic E-state index is 16.1. The van der Waals surface area contributed by atoms with Crippen molar-refractivity contribution < 1.29 is 8.78 Å². The Balaban J connectivity index is 1.20. The Kier molecular flexibility index (Phi) is 6.22. The molecule has 0 radical (unpaired) electrons. The first-order valence-electron chi connectivity index (χ1n) is 15.8. The molecule has 7 aromatic rings. The van der Waals surface area contributed by atoms with Crippen molar-refractivity contribution in [2.24, 2.45) is 5.92 Å². The van der Waals surface area contributed by atoms with Crippen LogP contribution < -0.4 is 0 Å². The summed E-state index contributed by atoms with van der Waals surface area (Å²) in [5.74, 6) is -2.39. The van der Waals surface area contributed by atoms with Gasteiger partial charge in [-0.1, -0.05) is 127 Å². The Labute approximate surface area is 270 Å². The fourth-order valence-electron chi connectivity index (χ4n) is 7.12. The Morgan fingerprint density at radius 1 is 0.532 bits per heavy atom. The van der Waals surface area contributed by atoms with Crippen LogP contribution in [0.1, 0.15) is 23.4 Å². The molecule has 3 nitrogen and oxygen atoms in total. The van der Waals surface area contributed by atoms with E-state index in [1.165, 1.54) is 5.39 Å². The van der Waals surface area contributed by atoms with Crippen molar-refractivity contribution in [2.75, 3.05) is 0 Å². The molecule has 1 unspecified atom stereocenters. The normalized spacial score (nSPS) is 16.4. The van der Waals surface area contributed by atoms with Gasteiger partial charge in [0.2, 0.25) is 0 Å². The highest BCUT2D eigenvalue weighted by Crippen LogP contribution is 2.57. The van der Waals surface area contributed by atoms with E-state index in [2.05, 4.69) is 30.3 Å². The van der Waals surface area contributed by atoms with Crippen molar-refractivity contribution in [3.8, 4) is 33.9 Å². The molecule has 9 rings (SSSR count). The van der Waals surface area contributed by atoms with Crippen molar-refractivity contribution in [3.63, 3.8) is 0 Å². The van der Waals surface area contributed by atoms with E-state index in [0.29, 0.717) is 28.6 Å². The number of hydrogen-bond donors (Lipinski definition) is 0. The number of halogens is 2. The van der Waals surface area contributed by atoms with Crippen LogP contribution in [0.15, 0.2) is 146 Å². The van der Waals surface area contributed by atoms with Crippen molar-refractivity contribution in [1.29, 1.82) is 0 Å². The second-order valence-corrected chi connectivity index (χ2v) is 12.2. The van der Waals surface area contributed by atoms with Gasteiger partial charge in [0.05, 0.1) is 5.92 Å². The molecule has 0 spiro atoms. The lowest BCUT2D eigenvalue weighted by molar-refractivity contribution is -0.0350. The van der Waals surface area contributed by atoms with Gasteiger partial charge in [-0.15, -0.1) is 0 Å². The van der Waals surface area contributed by atoms with E-state index in [1.54, 1.807) is 6.07 Å². The van der Waals surface area contributed by atoms with Crippen LogP contribution in [0.5, 0.6) is 0 Å². The summed E-state index contributed by atoms with van der Waals surface area (Å²) in [7, 11) is 0. The highest BCUT2D eigenvalue weighted by atomic mass is 19.3. The molecule has 1 atom stereocenters. The Morgan fingerprint density at radius 3 is 1.83 bits per heavy atom. The molecule has 0 fully saturated rings. The molecule has 0 aliphatic heterocycles. The van der Waals surface area contributed by atoms with E-state index in [-0.39, 0.29) is 12.0 Å². The van der Waals surface area contributed by atoms with Crippen molar-refractivity contribution >= 4 is 32.7 Å². The number of allylic oxidation sites excluding steroid dienone is 4. The first-order valence-corrected chi connectivity index (χ1v) is 15.8. The zero-order valence-electron chi connectivity index (χ0n) is 25.2. The molecule has 1 heterocycles. The third kappa shape index (κ3) is 4.50. The SMILES string of the molecule is FC1(F)c2ccc(-c3cc4ccccc4c4ccccc34)cc2C2=CC(c3nc(-c4ccccc4)nc(-c4ccccc4)n3)=CCC21. The predicted molar refractivity (Wildman–Crippen MR) is 186 cm³/mol. The van der Waals surface area contributed by atoms with Crippen LogP contribution in [0, 0.1) is 5.92 Å². The van der Waals surface area contributed by atoms with Crippen LogP contribution in [0.4, 0.5) is 8.78 Å². The summed E-state index contributed by atoms with van der Waals surface area (Å²) in [4.78, 5) is 14.5. The monoisotopic (exact) mass is 611 g/mol. The smallest absolute Gasteiger partial charge is 0.208 e. The Morgan fingerprint density at radius 2 is 1.13 bits per heavy atom. The van der Waals surface area contributed by atoms with E-state index in [9.17, 15) is 0 Å². The fourth-order valence-corrected chi connectivity index (χ4v) is 7.12. The lowest BCUT2D eigenvalue weighted by Gasteiger charge is -2.23. The maximum Gasteiger partial charge on any atom is 0.280 e. The first-order chi connectivity index (χ1) is 23.0. The molecular weight excluding hydrogens is 584 g/mol. The minimum atomic E-state index is -2.99. The van der Waals surface area contributed by atoms with Gasteiger partial charge in [0, 0.05) is 22.3 Å². The Bertz CT molecular complexity index is 2360. The largest absolute Gasteiger partial charge is 0.280 e. The van der Waals surface area contributed by atoms with Gasteiger partial charge < -0.3 is 0 Å². The zero-order chi connectivity index (χ0) is 31.5. The van der Waals surface area contributed by atoms with Gasteiger partial charge in [0.15, 0.2) is 17.5 Å². The lowest BCUT2D eigenvalue weighted by Crippen LogP contribution is -2.21. The number of hydrogen-bond acceptors (Lipinski definition) is 3. The van der Waals surface area contributed by atoms with Gasteiger partial charge in [0.25, 0.3) is 5.92 Å². The molecule has 1 aromatic heterocycles. The third-order valence-electron chi connectivity index (χ3n) is 9.42. The van der Waals surface area contributed by atoms with Crippen LogP contribution in [-0.4, -0.2) is 15.0 Å². The topological polar surface area (TPSA) is 38.7 Å². The predicted octanol–water partition coefficient (Wildman–Crippen LogP) is 10.8. The molecule has 0 saturated carbocycles. The average Bonchev–Trinajstić information content (AvgIpc) is 3.36. The number of nitrogens with zero attached hydrogens (tertiary/aromatic N) is 3. The zero-order valence-corrected chi connectivity index (χ0v) is 25.2. The second kappa shape index (κ2) is 10.6. The maximum atomic E-state index is 16.1. The molecular formula is C42H27F2N3. The molecule has 5 heteroatoms. The van der Waals surface area contributed by atoms with E-state index < -0.39 is 11.8 Å². The molecule has 0 saturated heterocycles. The van der Waals surface area contributed by atoms with E-state index in [1.807, 2.05) is 109 Å². The molecule has 0 N–H and O–H groups in total. The van der Waals surface area contributed by atoms with Gasteiger partial charge in [-0.05, 0) is 68.4 Å². The van der Waals surface area contributed by atoms with Crippen molar-refractivity contribution in [1.82, 2.24) is 15.0 Å². The number of rotatable bonds is 4. The minimum absolute atomic E-state index is 0.0721. The summed E-state index contributed by atoms with van der Waals surface area (Å²) in [5.41, 5.74) is 5.66. The molecule has 224 valence electrons. The van der Waals surface area contributed by atoms with Gasteiger partial charge in [-0.25, -0.2) is 23.7 Å². The summed E-state index contributed by atoms with van der Waals surface area (Å²) in [6.07, 6.45) is 3.91. The highest BCUT2D eigenvalue weighted by Gasteiger charge is 2.51. The first kappa shape index (κ1) is 27.5. The number of aromatic nitrogens is 3. The highest BCUT2D eigenvalue weighted by molar-refractivity contribution is 6.14. The quantitative estimate of drug-likeness (QED) is 0.186. The fraction of sp³-hybridized carbons (Fsp3) is 0.0714. The van der Waals surface area contributed by atoms with Gasteiger partial charge >= 0.3 is 0 Å². The molecule has 47 heavy (non-hydrogen) atoms. The molecule has 2 aliphatic rings. The number of benzene rings is 6. The van der Waals surface area contributed by atoms with E-state index in [0.717, 1.165) is 44.0 Å². The van der Waals surface area contributed by atoms with Crippen LogP contribution in [0.3, 0.4) is 0 Å². The standard InChI is InChI=1S/C42H27F2N3/c43-42(44)37-21-19-29(34-23-28-15-7-8-16-31(28)32-17-9-10-18-33(32)34)24-35(37)36-25-30(20-22-38(36)42)41-46-39(26-11-3-1-4-12-26)45-40(47-41)27-13-5-2-6-14-27/h1-21,23-25,38H,22H2. The van der Waals surface area contributed by atoms with Crippen LogP contribution in [-0.2, 0) is 5.92 Å². The molecule has 0 amide bonds.